The molecule has 0 amide bonds. The Morgan fingerprint density at radius 1 is 1.47 bits per heavy atom. The topological polar surface area (TPSA) is 82.9 Å². The van der Waals surface area contributed by atoms with Gasteiger partial charge in [-0.1, -0.05) is 0 Å². The summed E-state index contributed by atoms with van der Waals surface area (Å²) >= 11 is 0. The molecule has 6 heteroatoms. The zero-order valence-corrected chi connectivity index (χ0v) is 10.4. The summed E-state index contributed by atoms with van der Waals surface area (Å²) in [5.41, 5.74) is 0.929. The highest BCUT2D eigenvalue weighted by atomic mass is 32.2. The minimum Gasteiger partial charge on any atom is -0.265 e. The average Bonchev–Trinajstić information content (AvgIpc) is 2.35. The molecule has 0 aliphatic rings. The van der Waals surface area contributed by atoms with Gasteiger partial charge in [0.2, 0.25) is 10.0 Å². The summed E-state index contributed by atoms with van der Waals surface area (Å²) in [7, 11) is -3.31. The van der Waals surface area contributed by atoms with Crippen LogP contribution in [-0.4, -0.2) is 25.7 Å². The van der Waals surface area contributed by atoms with E-state index in [4.69, 9.17) is 5.26 Å². The molecule has 1 aromatic rings. The normalized spacial score (nSPS) is 12.9. The Kier molecular flexibility index (Phi) is 5.07. The van der Waals surface area contributed by atoms with Gasteiger partial charge in [0, 0.05) is 18.9 Å². The van der Waals surface area contributed by atoms with Crippen LogP contribution >= 0.6 is 0 Å². The lowest BCUT2D eigenvalue weighted by atomic mass is 10.2. The van der Waals surface area contributed by atoms with Crippen molar-refractivity contribution >= 4 is 10.0 Å². The van der Waals surface area contributed by atoms with Crippen LogP contribution < -0.4 is 4.72 Å². The van der Waals surface area contributed by atoms with Gasteiger partial charge in [-0.2, -0.15) is 5.26 Å². The molecule has 0 aromatic carbocycles. The Balaban J connectivity index is 2.43. The average molecular weight is 253 g/mol. The molecular formula is C11H15N3O2S. The number of sulfonamides is 1. The summed E-state index contributed by atoms with van der Waals surface area (Å²) in [6.07, 6.45) is 3.71. The van der Waals surface area contributed by atoms with E-state index in [-0.39, 0.29) is 18.2 Å². The van der Waals surface area contributed by atoms with Gasteiger partial charge in [-0.15, -0.1) is 0 Å². The van der Waals surface area contributed by atoms with Gasteiger partial charge >= 0.3 is 0 Å². The zero-order chi connectivity index (χ0) is 12.7. The molecule has 0 spiro atoms. The zero-order valence-electron chi connectivity index (χ0n) is 9.63. The first-order valence-corrected chi connectivity index (χ1v) is 6.94. The Hall–Kier alpha value is -1.45. The van der Waals surface area contributed by atoms with E-state index in [1.54, 1.807) is 31.5 Å². The first-order valence-electron chi connectivity index (χ1n) is 5.29. The number of rotatable bonds is 6. The predicted octanol–water partition coefficient (Wildman–Crippen LogP) is 0.703. The van der Waals surface area contributed by atoms with E-state index in [2.05, 4.69) is 9.71 Å². The fourth-order valence-corrected chi connectivity index (χ4v) is 2.32. The first kappa shape index (κ1) is 13.6. The highest BCUT2D eigenvalue weighted by Gasteiger charge is 2.11. The Bertz CT molecular complexity index is 479. The van der Waals surface area contributed by atoms with Crippen molar-refractivity contribution in [1.29, 1.82) is 5.26 Å². The summed E-state index contributed by atoms with van der Waals surface area (Å²) in [4.78, 5) is 3.86. The number of aryl methyl sites for hydroxylation is 1. The molecule has 0 saturated heterocycles. The van der Waals surface area contributed by atoms with Crippen LogP contribution in [0, 0.1) is 17.2 Å². The molecule has 0 aliphatic carbocycles. The van der Waals surface area contributed by atoms with Crippen molar-refractivity contribution in [3.63, 3.8) is 0 Å². The molecule has 1 unspecified atom stereocenters. The molecule has 92 valence electrons. The number of aromatic nitrogens is 1. The van der Waals surface area contributed by atoms with Crippen LogP contribution in [0.2, 0.25) is 0 Å². The number of pyridine rings is 1. The lowest BCUT2D eigenvalue weighted by Gasteiger charge is -2.07. The maximum Gasteiger partial charge on any atom is 0.211 e. The van der Waals surface area contributed by atoms with Gasteiger partial charge in [0.25, 0.3) is 0 Å². The molecule has 0 aliphatic heterocycles. The van der Waals surface area contributed by atoms with Crippen LogP contribution in [0.5, 0.6) is 0 Å². The van der Waals surface area contributed by atoms with Crippen molar-refractivity contribution < 1.29 is 8.42 Å². The summed E-state index contributed by atoms with van der Waals surface area (Å²) in [5.74, 6) is -0.291. The molecule has 0 radical (unpaired) electrons. The van der Waals surface area contributed by atoms with Crippen molar-refractivity contribution in [2.45, 2.75) is 13.3 Å². The molecule has 1 N–H and O–H groups in total. The molecule has 1 aromatic heterocycles. The van der Waals surface area contributed by atoms with Gasteiger partial charge in [-0.05, 0) is 31.0 Å². The van der Waals surface area contributed by atoms with Crippen molar-refractivity contribution in [2.24, 2.45) is 5.92 Å². The van der Waals surface area contributed by atoms with Crippen LogP contribution in [0.3, 0.4) is 0 Å². The fraction of sp³-hybridized carbons (Fsp3) is 0.455. The Morgan fingerprint density at radius 2 is 2.12 bits per heavy atom. The van der Waals surface area contributed by atoms with Gasteiger partial charge < -0.3 is 0 Å². The Morgan fingerprint density at radius 3 is 2.71 bits per heavy atom. The van der Waals surface area contributed by atoms with Crippen LogP contribution in [0.1, 0.15) is 12.5 Å². The van der Waals surface area contributed by atoms with E-state index in [9.17, 15) is 8.42 Å². The van der Waals surface area contributed by atoms with E-state index in [0.717, 1.165) is 5.56 Å². The SMILES string of the molecule is CC(C#N)CNS(=O)(=O)CCc1ccncc1. The molecule has 1 rings (SSSR count). The second-order valence-electron chi connectivity index (χ2n) is 3.80. The van der Waals surface area contributed by atoms with Gasteiger partial charge in [-0.25, -0.2) is 13.1 Å². The van der Waals surface area contributed by atoms with Crippen LogP contribution in [0.15, 0.2) is 24.5 Å². The molecule has 1 atom stereocenters. The van der Waals surface area contributed by atoms with Gasteiger partial charge in [0.15, 0.2) is 0 Å². The molecule has 0 bridgehead atoms. The van der Waals surface area contributed by atoms with Crippen LogP contribution in [0.4, 0.5) is 0 Å². The molecule has 0 fully saturated rings. The molecule has 5 nitrogen and oxygen atoms in total. The largest absolute Gasteiger partial charge is 0.265 e. The van der Waals surface area contributed by atoms with Crippen molar-refractivity contribution in [2.75, 3.05) is 12.3 Å². The summed E-state index contributed by atoms with van der Waals surface area (Å²) in [6, 6.07) is 5.55. The number of hydrogen-bond acceptors (Lipinski definition) is 4. The number of hydrogen-bond donors (Lipinski definition) is 1. The molecule has 17 heavy (non-hydrogen) atoms. The smallest absolute Gasteiger partial charge is 0.211 e. The molecule has 1 heterocycles. The second-order valence-corrected chi connectivity index (χ2v) is 5.73. The van der Waals surface area contributed by atoms with E-state index in [1.165, 1.54) is 0 Å². The Labute approximate surface area is 102 Å². The van der Waals surface area contributed by atoms with E-state index in [1.807, 2.05) is 6.07 Å². The number of nitrogens with one attached hydrogen (secondary N) is 1. The van der Waals surface area contributed by atoms with Crippen molar-refractivity contribution in [3.05, 3.63) is 30.1 Å². The highest BCUT2D eigenvalue weighted by Crippen LogP contribution is 2.00. The highest BCUT2D eigenvalue weighted by molar-refractivity contribution is 7.89. The maximum atomic E-state index is 11.6. The number of nitriles is 1. The monoisotopic (exact) mass is 253 g/mol. The lowest BCUT2D eigenvalue weighted by Crippen LogP contribution is -2.30. The fourth-order valence-electron chi connectivity index (χ4n) is 1.17. The quantitative estimate of drug-likeness (QED) is 0.809. The predicted molar refractivity (Wildman–Crippen MR) is 64.5 cm³/mol. The van der Waals surface area contributed by atoms with Crippen LogP contribution in [0.25, 0.3) is 0 Å². The maximum absolute atomic E-state index is 11.6. The standard InChI is InChI=1S/C11H15N3O2S/c1-10(8-12)9-14-17(15,16)7-4-11-2-5-13-6-3-11/h2-3,5-6,10,14H,4,7,9H2,1H3. The van der Waals surface area contributed by atoms with Crippen LogP contribution in [-0.2, 0) is 16.4 Å². The molecule has 0 saturated carbocycles. The first-order chi connectivity index (χ1) is 8.03. The van der Waals surface area contributed by atoms with E-state index in [0.29, 0.717) is 6.42 Å². The molecular weight excluding hydrogens is 238 g/mol. The van der Waals surface area contributed by atoms with Gasteiger partial charge in [0.1, 0.15) is 0 Å². The van der Waals surface area contributed by atoms with E-state index >= 15 is 0 Å². The van der Waals surface area contributed by atoms with E-state index < -0.39 is 10.0 Å². The summed E-state index contributed by atoms with van der Waals surface area (Å²) in [6.45, 7) is 1.83. The lowest BCUT2D eigenvalue weighted by molar-refractivity contribution is 0.572. The van der Waals surface area contributed by atoms with Crippen molar-refractivity contribution in [3.8, 4) is 6.07 Å². The van der Waals surface area contributed by atoms with Gasteiger partial charge in [0.05, 0.1) is 17.7 Å². The summed E-state index contributed by atoms with van der Waals surface area (Å²) in [5, 5.41) is 8.55. The third-order valence-corrected chi connectivity index (χ3v) is 3.59. The van der Waals surface area contributed by atoms with Gasteiger partial charge in [-0.3, -0.25) is 4.98 Å². The second kappa shape index (κ2) is 6.33. The minimum atomic E-state index is -3.31. The summed E-state index contributed by atoms with van der Waals surface area (Å²) < 4.78 is 25.6. The third-order valence-electron chi connectivity index (χ3n) is 2.24. The van der Waals surface area contributed by atoms with Crippen molar-refractivity contribution in [1.82, 2.24) is 9.71 Å². The minimum absolute atomic E-state index is 0.0230. The number of nitrogens with zero attached hydrogens (tertiary/aromatic N) is 2. The third kappa shape index (κ3) is 5.43.